The van der Waals surface area contributed by atoms with Gasteiger partial charge in [0, 0.05) is 18.7 Å². The van der Waals surface area contributed by atoms with E-state index in [2.05, 4.69) is 11.4 Å². The number of carbonyl (C=O) groups is 1. The predicted octanol–water partition coefficient (Wildman–Crippen LogP) is 3.91. The van der Waals surface area contributed by atoms with Gasteiger partial charge >= 0.3 is 0 Å². The molecular weight excluding hydrogens is 358 g/mol. The normalized spacial score (nSPS) is 9.93. The molecular formula is C21H23N3O2S. The summed E-state index contributed by atoms with van der Waals surface area (Å²) in [6.45, 7) is 3.67. The first-order valence-corrected chi connectivity index (χ1v) is 9.29. The molecule has 0 aromatic heterocycles. The highest BCUT2D eigenvalue weighted by Gasteiger charge is 2.14. The zero-order chi connectivity index (χ0) is 19.5. The Labute approximate surface area is 165 Å². The van der Waals surface area contributed by atoms with Crippen molar-refractivity contribution < 1.29 is 9.53 Å². The molecule has 0 saturated carbocycles. The van der Waals surface area contributed by atoms with Crippen molar-refractivity contribution in [2.75, 3.05) is 13.2 Å². The SMILES string of the molecule is CCCOc1ccc(C(=O)NC(=S)N(CCC#N)Cc2ccccc2)cc1. The average molecular weight is 382 g/mol. The fourth-order valence-electron chi connectivity index (χ4n) is 2.41. The van der Waals surface area contributed by atoms with E-state index in [9.17, 15) is 4.79 Å². The first-order chi connectivity index (χ1) is 13.1. The van der Waals surface area contributed by atoms with E-state index in [0.717, 1.165) is 17.7 Å². The van der Waals surface area contributed by atoms with Gasteiger partial charge in [-0.1, -0.05) is 37.3 Å². The lowest BCUT2D eigenvalue weighted by atomic mass is 10.2. The highest BCUT2D eigenvalue weighted by molar-refractivity contribution is 7.80. The van der Waals surface area contributed by atoms with Crippen molar-refractivity contribution in [3.63, 3.8) is 0 Å². The Morgan fingerprint density at radius 3 is 2.52 bits per heavy atom. The van der Waals surface area contributed by atoms with Crippen LogP contribution in [-0.2, 0) is 6.54 Å². The smallest absolute Gasteiger partial charge is 0.257 e. The van der Waals surface area contributed by atoms with E-state index in [1.165, 1.54) is 0 Å². The van der Waals surface area contributed by atoms with Crippen molar-refractivity contribution in [3.8, 4) is 11.8 Å². The van der Waals surface area contributed by atoms with Gasteiger partial charge in [0.25, 0.3) is 5.91 Å². The van der Waals surface area contributed by atoms with E-state index in [4.69, 9.17) is 22.2 Å². The van der Waals surface area contributed by atoms with Crippen LogP contribution in [-0.4, -0.2) is 29.1 Å². The van der Waals surface area contributed by atoms with Crippen LogP contribution in [0.4, 0.5) is 0 Å². The van der Waals surface area contributed by atoms with Crippen molar-refractivity contribution in [2.24, 2.45) is 0 Å². The van der Waals surface area contributed by atoms with Gasteiger partial charge in [0.2, 0.25) is 0 Å². The fraction of sp³-hybridized carbons (Fsp3) is 0.286. The molecule has 0 heterocycles. The number of nitriles is 1. The Hall–Kier alpha value is -2.91. The Bertz CT molecular complexity index is 785. The van der Waals surface area contributed by atoms with Crippen LogP contribution in [0.1, 0.15) is 35.7 Å². The summed E-state index contributed by atoms with van der Waals surface area (Å²) in [6, 6.07) is 18.9. The van der Waals surface area contributed by atoms with Crippen molar-refractivity contribution >= 4 is 23.2 Å². The van der Waals surface area contributed by atoms with Gasteiger partial charge in [-0.05, 0) is 48.5 Å². The van der Waals surface area contributed by atoms with E-state index in [-0.39, 0.29) is 5.91 Å². The second-order valence-electron chi connectivity index (χ2n) is 5.95. The lowest BCUT2D eigenvalue weighted by Gasteiger charge is -2.24. The van der Waals surface area contributed by atoms with Crippen molar-refractivity contribution in [3.05, 3.63) is 65.7 Å². The third kappa shape index (κ3) is 6.72. The molecule has 2 rings (SSSR count). The van der Waals surface area contributed by atoms with Gasteiger partial charge in [-0.3, -0.25) is 10.1 Å². The highest BCUT2D eigenvalue weighted by Crippen LogP contribution is 2.13. The molecule has 0 radical (unpaired) electrons. The Balaban J connectivity index is 2.00. The molecule has 0 spiro atoms. The van der Waals surface area contributed by atoms with E-state index >= 15 is 0 Å². The number of nitrogens with one attached hydrogen (secondary N) is 1. The first-order valence-electron chi connectivity index (χ1n) is 8.88. The van der Waals surface area contributed by atoms with E-state index in [1.807, 2.05) is 42.2 Å². The summed E-state index contributed by atoms with van der Waals surface area (Å²) >= 11 is 5.41. The van der Waals surface area contributed by atoms with Gasteiger partial charge < -0.3 is 9.64 Å². The molecule has 5 nitrogen and oxygen atoms in total. The molecule has 1 N–H and O–H groups in total. The zero-order valence-electron chi connectivity index (χ0n) is 15.4. The van der Waals surface area contributed by atoms with Crippen molar-refractivity contribution in [1.82, 2.24) is 10.2 Å². The van der Waals surface area contributed by atoms with Crippen LogP contribution in [0.2, 0.25) is 0 Å². The van der Waals surface area contributed by atoms with Gasteiger partial charge in [0.15, 0.2) is 5.11 Å². The van der Waals surface area contributed by atoms with Crippen LogP contribution in [0.15, 0.2) is 54.6 Å². The first kappa shape index (κ1) is 20.4. The molecule has 0 fully saturated rings. The van der Waals surface area contributed by atoms with Gasteiger partial charge in [-0.2, -0.15) is 5.26 Å². The summed E-state index contributed by atoms with van der Waals surface area (Å²) < 4.78 is 5.52. The maximum absolute atomic E-state index is 12.5. The minimum absolute atomic E-state index is 0.280. The van der Waals surface area contributed by atoms with E-state index in [0.29, 0.717) is 36.8 Å². The molecule has 0 atom stereocenters. The van der Waals surface area contributed by atoms with Crippen molar-refractivity contribution in [1.29, 1.82) is 5.26 Å². The number of nitrogens with zero attached hydrogens (tertiary/aromatic N) is 2. The molecule has 140 valence electrons. The molecule has 0 saturated heterocycles. The third-order valence-electron chi connectivity index (χ3n) is 3.81. The molecule has 27 heavy (non-hydrogen) atoms. The minimum atomic E-state index is -0.280. The van der Waals surface area contributed by atoms with Crippen LogP contribution in [0.3, 0.4) is 0 Å². The third-order valence-corrected chi connectivity index (χ3v) is 4.17. The molecule has 2 aromatic carbocycles. The van der Waals surface area contributed by atoms with Gasteiger partial charge in [-0.25, -0.2) is 0 Å². The van der Waals surface area contributed by atoms with Gasteiger partial charge in [-0.15, -0.1) is 0 Å². The summed E-state index contributed by atoms with van der Waals surface area (Å²) in [5.74, 6) is 0.452. The fourth-order valence-corrected chi connectivity index (χ4v) is 2.66. The molecule has 6 heteroatoms. The number of rotatable bonds is 8. The Morgan fingerprint density at radius 1 is 1.19 bits per heavy atom. The lowest BCUT2D eigenvalue weighted by molar-refractivity contribution is 0.0973. The molecule has 0 bridgehead atoms. The number of hydrogen-bond acceptors (Lipinski definition) is 4. The maximum Gasteiger partial charge on any atom is 0.257 e. The van der Waals surface area contributed by atoms with E-state index < -0.39 is 0 Å². The van der Waals surface area contributed by atoms with Crippen LogP contribution >= 0.6 is 12.2 Å². The van der Waals surface area contributed by atoms with Crippen LogP contribution in [0, 0.1) is 11.3 Å². The highest BCUT2D eigenvalue weighted by atomic mass is 32.1. The minimum Gasteiger partial charge on any atom is -0.494 e. The second-order valence-corrected chi connectivity index (χ2v) is 6.33. The Kier molecular flexibility index (Phi) is 8.27. The summed E-state index contributed by atoms with van der Waals surface area (Å²) in [4.78, 5) is 14.3. The predicted molar refractivity (Wildman–Crippen MR) is 109 cm³/mol. The van der Waals surface area contributed by atoms with Crippen LogP contribution in [0.25, 0.3) is 0 Å². The molecule has 0 aliphatic heterocycles. The molecule has 0 aliphatic carbocycles. The monoisotopic (exact) mass is 381 g/mol. The summed E-state index contributed by atoms with van der Waals surface area (Å²) in [7, 11) is 0. The summed E-state index contributed by atoms with van der Waals surface area (Å²) in [5.41, 5.74) is 1.56. The number of carbonyl (C=O) groups excluding carboxylic acids is 1. The number of ether oxygens (including phenoxy) is 1. The summed E-state index contributed by atoms with van der Waals surface area (Å²) in [6.07, 6.45) is 1.25. The quantitative estimate of drug-likeness (QED) is 0.703. The lowest BCUT2D eigenvalue weighted by Crippen LogP contribution is -2.42. The van der Waals surface area contributed by atoms with Crippen molar-refractivity contribution in [2.45, 2.75) is 26.3 Å². The molecule has 0 aliphatic rings. The topological polar surface area (TPSA) is 65.4 Å². The Morgan fingerprint density at radius 2 is 1.89 bits per heavy atom. The zero-order valence-corrected chi connectivity index (χ0v) is 16.2. The van der Waals surface area contributed by atoms with Gasteiger partial charge in [0.1, 0.15) is 5.75 Å². The van der Waals surface area contributed by atoms with E-state index in [1.54, 1.807) is 24.3 Å². The standard InChI is InChI=1S/C21H23N3O2S/c1-2-15-26-19-11-9-18(10-12-19)20(25)23-21(27)24(14-6-13-22)16-17-7-4-3-5-8-17/h3-5,7-12H,2,6,14-16H2,1H3,(H,23,25,27). The number of amides is 1. The molecule has 2 aromatic rings. The number of benzene rings is 2. The summed E-state index contributed by atoms with van der Waals surface area (Å²) in [5, 5.41) is 12.0. The number of thiocarbonyl (C=S) groups is 1. The molecule has 1 amide bonds. The van der Waals surface area contributed by atoms with Crippen LogP contribution < -0.4 is 10.1 Å². The largest absolute Gasteiger partial charge is 0.494 e. The van der Waals surface area contributed by atoms with Crippen LogP contribution in [0.5, 0.6) is 5.75 Å². The maximum atomic E-state index is 12.5. The van der Waals surface area contributed by atoms with Gasteiger partial charge in [0.05, 0.1) is 19.1 Å². The number of hydrogen-bond donors (Lipinski definition) is 1. The average Bonchev–Trinajstić information content (AvgIpc) is 2.70. The molecule has 0 unspecified atom stereocenters. The second kappa shape index (κ2) is 10.9.